The summed E-state index contributed by atoms with van der Waals surface area (Å²) in [7, 11) is 0. The summed E-state index contributed by atoms with van der Waals surface area (Å²) in [4.78, 5) is 14.5. The quantitative estimate of drug-likeness (QED) is 0.704. The van der Waals surface area contributed by atoms with Crippen molar-refractivity contribution in [2.45, 2.75) is 19.8 Å². The normalized spacial score (nSPS) is 13.8. The average molecular weight is 386 g/mol. The number of para-hydroxylation sites is 1. The number of hydrogen-bond donors (Lipinski definition) is 0. The lowest BCUT2D eigenvalue weighted by Gasteiger charge is -2.28. The molecule has 1 amide bonds. The van der Waals surface area contributed by atoms with Crippen molar-refractivity contribution in [3.05, 3.63) is 64.1 Å². The van der Waals surface area contributed by atoms with Crippen LogP contribution in [0.25, 0.3) is 6.08 Å². The van der Waals surface area contributed by atoms with Gasteiger partial charge in [-0.2, -0.15) is 0 Å². The summed E-state index contributed by atoms with van der Waals surface area (Å²) in [6.45, 7) is 3.30. The Hall–Kier alpha value is -2.07. The van der Waals surface area contributed by atoms with E-state index in [9.17, 15) is 4.79 Å². The fourth-order valence-electron chi connectivity index (χ4n) is 2.95. The number of halogens is 1. The Labute approximate surface area is 151 Å². The minimum absolute atomic E-state index is 0.00424. The van der Waals surface area contributed by atoms with Gasteiger partial charge in [0.05, 0.1) is 6.61 Å². The fraction of sp³-hybridized carbons (Fsp3) is 0.250. The highest BCUT2D eigenvalue weighted by Gasteiger charge is 2.20. The molecule has 124 valence electrons. The molecule has 0 atom stereocenters. The van der Waals surface area contributed by atoms with Crippen LogP contribution in [-0.4, -0.2) is 19.1 Å². The second kappa shape index (κ2) is 7.67. The number of carbonyl (C=O) groups excluding carboxylic acids is 1. The third kappa shape index (κ3) is 3.70. The number of amides is 1. The zero-order chi connectivity index (χ0) is 16.9. The standard InChI is InChI=1S/C20H20BrNO2/c1-2-24-19-11-10-17(21)14-16(19)9-12-20(23)22-13-5-7-15-6-3-4-8-18(15)22/h3-4,6,8-12,14H,2,5,7,13H2,1H3/b12-9+. The highest BCUT2D eigenvalue weighted by molar-refractivity contribution is 9.10. The number of anilines is 1. The molecule has 0 unspecified atom stereocenters. The molecule has 0 bridgehead atoms. The van der Waals surface area contributed by atoms with E-state index in [4.69, 9.17) is 4.74 Å². The number of ether oxygens (including phenoxy) is 1. The first-order valence-corrected chi connectivity index (χ1v) is 8.98. The van der Waals surface area contributed by atoms with Gasteiger partial charge in [-0.1, -0.05) is 34.1 Å². The third-order valence-electron chi connectivity index (χ3n) is 4.05. The summed E-state index contributed by atoms with van der Waals surface area (Å²) in [6.07, 6.45) is 5.49. The van der Waals surface area contributed by atoms with E-state index in [0.29, 0.717) is 6.61 Å². The molecule has 0 saturated heterocycles. The molecule has 0 aromatic heterocycles. The summed E-state index contributed by atoms with van der Waals surface area (Å²) in [5.41, 5.74) is 3.16. The lowest BCUT2D eigenvalue weighted by Crippen LogP contribution is -2.34. The first kappa shape index (κ1) is 16.8. The Morgan fingerprint density at radius 1 is 1.29 bits per heavy atom. The second-order valence-electron chi connectivity index (χ2n) is 5.67. The Bertz CT molecular complexity index is 770. The summed E-state index contributed by atoms with van der Waals surface area (Å²) >= 11 is 3.47. The molecule has 4 heteroatoms. The monoisotopic (exact) mass is 385 g/mol. The van der Waals surface area contributed by atoms with Crippen LogP contribution in [0.2, 0.25) is 0 Å². The van der Waals surface area contributed by atoms with Crippen molar-refractivity contribution < 1.29 is 9.53 Å². The van der Waals surface area contributed by atoms with Crippen molar-refractivity contribution in [3.63, 3.8) is 0 Å². The van der Waals surface area contributed by atoms with Gasteiger partial charge in [0.2, 0.25) is 0 Å². The van der Waals surface area contributed by atoms with Gasteiger partial charge in [-0.25, -0.2) is 0 Å². The molecule has 24 heavy (non-hydrogen) atoms. The largest absolute Gasteiger partial charge is 0.493 e. The van der Waals surface area contributed by atoms with Crippen LogP contribution in [0.15, 0.2) is 53.0 Å². The molecule has 1 aliphatic rings. The van der Waals surface area contributed by atoms with Crippen LogP contribution < -0.4 is 9.64 Å². The van der Waals surface area contributed by atoms with Gasteiger partial charge in [-0.3, -0.25) is 4.79 Å². The molecule has 0 spiro atoms. The molecule has 3 nitrogen and oxygen atoms in total. The molecule has 3 rings (SSSR count). The highest BCUT2D eigenvalue weighted by Crippen LogP contribution is 2.28. The van der Waals surface area contributed by atoms with E-state index in [2.05, 4.69) is 22.0 Å². The maximum Gasteiger partial charge on any atom is 0.250 e. The van der Waals surface area contributed by atoms with Gasteiger partial charge in [0.1, 0.15) is 5.75 Å². The van der Waals surface area contributed by atoms with E-state index in [0.717, 1.165) is 40.9 Å². The minimum atomic E-state index is 0.00424. The summed E-state index contributed by atoms with van der Waals surface area (Å²) in [5.74, 6) is 0.786. The van der Waals surface area contributed by atoms with Gasteiger partial charge in [0.25, 0.3) is 5.91 Å². The van der Waals surface area contributed by atoms with E-state index in [1.165, 1.54) is 5.56 Å². The Morgan fingerprint density at radius 3 is 2.96 bits per heavy atom. The van der Waals surface area contributed by atoms with Crippen LogP contribution in [0.5, 0.6) is 5.75 Å². The van der Waals surface area contributed by atoms with E-state index in [1.54, 1.807) is 6.08 Å². The van der Waals surface area contributed by atoms with E-state index < -0.39 is 0 Å². The Balaban J connectivity index is 1.83. The van der Waals surface area contributed by atoms with Crippen LogP contribution in [0.4, 0.5) is 5.69 Å². The van der Waals surface area contributed by atoms with Crippen LogP contribution >= 0.6 is 15.9 Å². The van der Waals surface area contributed by atoms with Gasteiger partial charge in [0.15, 0.2) is 0 Å². The van der Waals surface area contributed by atoms with Crippen LogP contribution in [-0.2, 0) is 11.2 Å². The number of carbonyl (C=O) groups is 1. The predicted molar refractivity (Wildman–Crippen MR) is 101 cm³/mol. The molecule has 0 radical (unpaired) electrons. The average Bonchev–Trinajstić information content (AvgIpc) is 2.61. The maximum atomic E-state index is 12.7. The van der Waals surface area contributed by atoms with Crippen molar-refractivity contribution >= 4 is 33.6 Å². The lowest BCUT2D eigenvalue weighted by molar-refractivity contribution is -0.114. The smallest absolute Gasteiger partial charge is 0.250 e. The van der Waals surface area contributed by atoms with Crippen molar-refractivity contribution in [2.75, 3.05) is 18.1 Å². The van der Waals surface area contributed by atoms with Crippen LogP contribution in [0.3, 0.4) is 0 Å². The molecule has 2 aromatic rings. The molecule has 0 N–H and O–H groups in total. The summed E-state index contributed by atoms with van der Waals surface area (Å²) in [5, 5.41) is 0. The van der Waals surface area contributed by atoms with Crippen LogP contribution in [0, 0.1) is 0 Å². The zero-order valence-electron chi connectivity index (χ0n) is 13.7. The third-order valence-corrected chi connectivity index (χ3v) is 4.55. The second-order valence-corrected chi connectivity index (χ2v) is 6.59. The zero-order valence-corrected chi connectivity index (χ0v) is 15.3. The number of nitrogens with zero attached hydrogens (tertiary/aromatic N) is 1. The molecule has 0 aliphatic carbocycles. The van der Waals surface area contributed by atoms with Crippen molar-refractivity contribution in [3.8, 4) is 5.75 Å². The van der Waals surface area contributed by atoms with E-state index in [1.807, 2.05) is 54.3 Å². The predicted octanol–water partition coefficient (Wildman–Crippen LogP) is 4.84. The SMILES string of the molecule is CCOc1ccc(Br)cc1/C=C/C(=O)N1CCCc2ccccc21. The van der Waals surface area contributed by atoms with Gasteiger partial charge in [-0.15, -0.1) is 0 Å². The van der Waals surface area contributed by atoms with E-state index >= 15 is 0 Å². The number of fused-ring (bicyclic) bond motifs is 1. The molecular formula is C20H20BrNO2. The topological polar surface area (TPSA) is 29.5 Å². The Kier molecular flexibility index (Phi) is 5.36. The number of rotatable bonds is 4. The first-order valence-electron chi connectivity index (χ1n) is 8.19. The first-order chi connectivity index (χ1) is 11.7. The fourth-order valence-corrected chi connectivity index (χ4v) is 3.33. The number of benzene rings is 2. The highest BCUT2D eigenvalue weighted by atomic mass is 79.9. The van der Waals surface area contributed by atoms with Gasteiger partial charge in [0, 0.05) is 28.3 Å². The molecule has 1 aliphatic heterocycles. The van der Waals surface area contributed by atoms with Crippen molar-refractivity contribution in [1.82, 2.24) is 0 Å². The summed E-state index contributed by atoms with van der Waals surface area (Å²) < 4.78 is 6.59. The lowest BCUT2D eigenvalue weighted by atomic mass is 10.0. The van der Waals surface area contributed by atoms with Gasteiger partial charge >= 0.3 is 0 Å². The van der Waals surface area contributed by atoms with Crippen molar-refractivity contribution in [2.24, 2.45) is 0 Å². The molecule has 0 fully saturated rings. The van der Waals surface area contributed by atoms with Gasteiger partial charge < -0.3 is 9.64 Å². The molecule has 1 heterocycles. The maximum absolute atomic E-state index is 12.7. The molecule has 0 saturated carbocycles. The summed E-state index contributed by atoms with van der Waals surface area (Å²) in [6, 6.07) is 13.9. The Morgan fingerprint density at radius 2 is 2.12 bits per heavy atom. The van der Waals surface area contributed by atoms with Gasteiger partial charge in [-0.05, 0) is 55.7 Å². The number of aryl methyl sites for hydroxylation is 1. The van der Waals surface area contributed by atoms with E-state index in [-0.39, 0.29) is 5.91 Å². The van der Waals surface area contributed by atoms with Crippen molar-refractivity contribution in [1.29, 1.82) is 0 Å². The van der Waals surface area contributed by atoms with Crippen LogP contribution in [0.1, 0.15) is 24.5 Å². The minimum Gasteiger partial charge on any atom is -0.493 e. The number of hydrogen-bond acceptors (Lipinski definition) is 2. The molecular weight excluding hydrogens is 366 g/mol. The molecule has 2 aromatic carbocycles.